The second-order valence-corrected chi connectivity index (χ2v) is 6.50. The molecule has 25 heavy (non-hydrogen) atoms. The molecule has 0 saturated heterocycles. The van der Waals surface area contributed by atoms with E-state index in [0.717, 1.165) is 31.0 Å². The van der Waals surface area contributed by atoms with Gasteiger partial charge in [-0.05, 0) is 38.3 Å². The number of aliphatic hydroxyl groups is 1. The van der Waals surface area contributed by atoms with Gasteiger partial charge >= 0.3 is 0 Å². The first-order valence-corrected chi connectivity index (χ1v) is 8.87. The van der Waals surface area contributed by atoms with Crippen LogP contribution >= 0.6 is 0 Å². The van der Waals surface area contributed by atoms with Gasteiger partial charge in [-0.1, -0.05) is 60.2 Å². The maximum Gasteiger partial charge on any atom is 0.191 e. The molecule has 0 fully saturated rings. The van der Waals surface area contributed by atoms with Crippen molar-refractivity contribution in [1.29, 1.82) is 0 Å². The third-order valence-electron chi connectivity index (χ3n) is 4.07. The lowest BCUT2D eigenvalue weighted by Crippen LogP contribution is -2.39. The van der Waals surface area contributed by atoms with Crippen LogP contribution < -0.4 is 10.6 Å². The molecular formula is C21H29N3O. The molecule has 0 spiro atoms. The fraction of sp³-hybridized carbons (Fsp3) is 0.381. The van der Waals surface area contributed by atoms with Gasteiger partial charge in [0.2, 0.25) is 0 Å². The van der Waals surface area contributed by atoms with E-state index in [4.69, 9.17) is 0 Å². The zero-order valence-electron chi connectivity index (χ0n) is 15.4. The SMILES string of the molecule is CCNC(=NCC(C)(O)c1ccccc1)NCCc1cccc(C)c1. The molecule has 0 aliphatic heterocycles. The highest BCUT2D eigenvalue weighted by molar-refractivity contribution is 5.79. The molecule has 0 radical (unpaired) electrons. The number of nitrogens with zero attached hydrogens (tertiary/aromatic N) is 1. The number of hydrogen-bond acceptors (Lipinski definition) is 2. The van der Waals surface area contributed by atoms with Gasteiger partial charge in [0.05, 0.1) is 6.54 Å². The van der Waals surface area contributed by atoms with E-state index in [2.05, 4.69) is 46.8 Å². The molecule has 0 heterocycles. The van der Waals surface area contributed by atoms with Crippen LogP contribution in [0.3, 0.4) is 0 Å². The summed E-state index contributed by atoms with van der Waals surface area (Å²) < 4.78 is 0. The highest BCUT2D eigenvalue weighted by Gasteiger charge is 2.22. The third kappa shape index (κ3) is 6.24. The number of nitrogens with one attached hydrogen (secondary N) is 2. The zero-order chi connectivity index (χ0) is 18.1. The molecule has 0 aromatic heterocycles. The summed E-state index contributed by atoms with van der Waals surface area (Å²) in [4.78, 5) is 4.55. The van der Waals surface area contributed by atoms with Gasteiger partial charge in [0.1, 0.15) is 5.60 Å². The molecule has 2 aromatic rings. The molecule has 1 unspecified atom stereocenters. The van der Waals surface area contributed by atoms with Gasteiger partial charge in [-0.15, -0.1) is 0 Å². The van der Waals surface area contributed by atoms with Gasteiger partial charge in [0.15, 0.2) is 5.96 Å². The van der Waals surface area contributed by atoms with E-state index >= 15 is 0 Å². The van der Waals surface area contributed by atoms with Crippen LogP contribution in [0.5, 0.6) is 0 Å². The summed E-state index contributed by atoms with van der Waals surface area (Å²) in [6.07, 6.45) is 0.932. The molecule has 134 valence electrons. The minimum atomic E-state index is -0.986. The van der Waals surface area contributed by atoms with Crippen molar-refractivity contribution in [1.82, 2.24) is 10.6 Å². The van der Waals surface area contributed by atoms with Crippen molar-refractivity contribution in [3.05, 3.63) is 71.3 Å². The van der Waals surface area contributed by atoms with Gasteiger partial charge in [-0.25, -0.2) is 4.99 Å². The number of guanidine groups is 1. The summed E-state index contributed by atoms with van der Waals surface area (Å²) in [7, 11) is 0. The normalized spacial score (nSPS) is 14.0. The average molecular weight is 339 g/mol. The lowest BCUT2D eigenvalue weighted by Gasteiger charge is -2.22. The number of aliphatic imine (C=N–C) groups is 1. The Morgan fingerprint density at radius 3 is 2.52 bits per heavy atom. The fourth-order valence-corrected chi connectivity index (χ4v) is 2.66. The lowest BCUT2D eigenvalue weighted by molar-refractivity contribution is 0.0672. The second kappa shape index (κ2) is 9.23. The molecule has 0 amide bonds. The Balaban J connectivity index is 1.93. The molecule has 0 bridgehead atoms. The minimum Gasteiger partial charge on any atom is -0.384 e. The Hall–Kier alpha value is -2.33. The predicted molar refractivity (Wildman–Crippen MR) is 105 cm³/mol. The van der Waals surface area contributed by atoms with Gasteiger partial charge < -0.3 is 15.7 Å². The van der Waals surface area contributed by atoms with Crippen molar-refractivity contribution >= 4 is 5.96 Å². The average Bonchev–Trinajstić information content (AvgIpc) is 2.60. The maximum atomic E-state index is 10.7. The van der Waals surface area contributed by atoms with Crippen LogP contribution in [0.25, 0.3) is 0 Å². The van der Waals surface area contributed by atoms with Crippen LogP contribution in [0.1, 0.15) is 30.5 Å². The number of benzene rings is 2. The Morgan fingerprint density at radius 1 is 1.08 bits per heavy atom. The van der Waals surface area contributed by atoms with Gasteiger partial charge in [0.25, 0.3) is 0 Å². The van der Waals surface area contributed by atoms with Gasteiger partial charge in [0, 0.05) is 13.1 Å². The lowest BCUT2D eigenvalue weighted by atomic mass is 9.96. The number of rotatable bonds is 7. The highest BCUT2D eigenvalue weighted by atomic mass is 16.3. The summed E-state index contributed by atoms with van der Waals surface area (Å²) in [5, 5.41) is 17.2. The van der Waals surface area contributed by atoms with Crippen molar-refractivity contribution in [2.75, 3.05) is 19.6 Å². The van der Waals surface area contributed by atoms with Crippen LogP contribution in [-0.4, -0.2) is 30.7 Å². The van der Waals surface area contributed by atoms with Crippen LogP contribution in [0.15, 0.2) is 59.6 Å². The van der Waals surface area contributed by atoms with E-state index in [1.165, 1.54) is 11.1 Å². The molecule has 2 aromatic carbocycles. The van der Waals surface area contributed by atoms with Crippen molar-refractivity contribution < 1.29 is 5.11 Å². The van der Waals surface area contributed by atoms with E-state index in [1.54, 1.807) is 6.92 Å². The molecule has 0 aliphatic rings. The van der Waals surface area contributed by atoms with Gasteiger partial charge in [-0.2, -0.15) is 0 Å². The Bertz CT molecular complexity index is 681. The number of hydrogen-bond donors (Lipinski definition) is 3. The topological polar surface area (TPSA) is 56.7 Å². The van der Waals surface area contributed by atoms with E-state index in [0.29, 0.717) is 6.54 Å². The van der Waals surface area contributed by atoms with Crippen LogP contribution in [-0.2, 0) is 12.0 Å². The largest absolute Gasteiger partial charge is 0.384 e. The second-order valence-electron chi connectivity index (χ2n) is 6.50. The molecule has 0 saturated carbocycles. The molecule has 3 N–H and O–H groups in total. The van der Waals surface area contributed by atoms with Gasteiger partial charge in [-0.3, -0.25) is 0 Å². The van der Waals surface area contributed by atoms with Crippen molar-refractivity contribution in [3.8, 4) is 0 Å². The Kier molecular flexibility index (Phi) is 7.02. The third-order valence-corrected chi connectivity index (χ3v) is 4.07. The van der Waals surface area contributed by atoms with Crippen LogP contribution in [0, 0.1) is 6.92 Å². The summed E-state index contributed by atoms with van der Waals surface area (Å²) in [6, 6.07) is 18.2. The summed E-state index contributed by atoms with van der Waals surface area (Å²) in [5.74, 6) is 0.728. The van der Waals surface area contributed by atoms with Crippen LogP contribution in [0.4, 0.5) is 0 Å². The van der Waals surface area contributed by atoms with E-state index < -0.39 is 5.60 Å². The molecule has 4 nitrogen and oxygen atoms in total. The molecular weight excluding hydrogens is 310 g/mol. The van der Waals surface area contributed by atoms with Crippen molar-refractivity contribution in [3.63, 3.8) is 0 Å². The maximum absolute atomic E-state index is 10.7. The zero-order valence-corrected chi connectivity index (χ0v) is 15.4. The molecule has 1 atom stereocenters. The van der Waals surface area contributed by atoms with Crippen molar-refractivity contribution in [2.24, 2.45) is 4.99 Å². The minimum absolute atomic E-state index is 0.302. The Morgan fingerprint density at radius 2 is 1.84 bits per heavy atom. The standard InChI is InChI=1S/C21H29N3O/c1-4-22-20(23-14-13-18-10-8-9-17(2)15-18)24-16-21(3,25)19-11-6-5-7-12-19/h5-12,15,25H,4,13-14,16H2,1-3H3,(H2,22,23,24). The van der Waals surface area contributed by atoms with E-state index in [1.807, 2.05) is 37.3 Å². The molecule has 0 aliphatic carbocycles. The summed E-state index contributed by atoms with van der Waals surface area (Å²) in [5.41, 5.74) is 2.46. The number of aryl methyl sites for hydroxylation is 1. The summed E-state index contributed by atoms with van der Waals surface area (Å²) in [6.45, 7) is 7.81. The molecule has 2 rings (SSSR count). The highest BCUT2D eigenvalue weighted by Crippen LogP contribution is 2.20. The smallest absolute Gasteiger partial charge is 0.191 e. The van der Waals surface area contributed by atoms with E-state index in [-0.39, 0.29) is 0 Å². The first-order chi connectivity index (χ1) is 12.0. The first-order valence-electron chi connectivity index (χ1n) is 8.87. The fourth-order valence-electron chi connectivity index (χ4n) is 2.66. The van der Waals surface area contributed by atoms with E-state index in [9.17, 15) is 5.11 Å². The Labute approximate surface area is 151 Å². The first kappa shape index (κ1) is 19.0. The molecule has 4 heteroatoms. The monoisotopic (exact) mass is 339 g/mol. The van der Waals surface area contributed by atoms with Crippen LogP contribution in [0.2, 0.25) is 0 Å². The van der Waals surface area contributed by atoms with Crippen molar-refractivity contribution in [2.45, 2.75) is 32.8 Å². The predicted octanol–water partition coefficient (Wildman–Crippen LogP) is 3.00. The summed E-state index contributed by atoms with van der Waals surface area (Å²) >= 11 is 0. The quantitative estimate of drug-likeness (QED) is 0.537.